The third-order valence-corrected chi connectivity index (χ3v) is 19.4. The molecule has 0 aliphatic carbocycles. The average molecular weight is 1540 g/mol. The summed E-state index contributed by atoms with van der Waals surface area (Å²) in [6, 6.07) is 24.8. The molecule has 2 aliphatic rings. The van der Waals surface area contributed by atoms with Crippen LogP contribution in [-0.2, 0) is 61.1 Å². The van der Waals surface area contributed by atoms with Crippen LogP contribution >= 0.6 is 22.6 Å². The van der Waals surface area contributed by atoms with Gasteiger partial charge >= 0.3 is 17.9 Å². The van der Waals surface area contributed by atoms with E-state index in [1.807, 2.05) is 113 Å². The number of hydrogen-bond acceptors (Lipinski definition) is 12. The molecule has 17 nitrogen and oxygen atoms in total. The molecule has 0 saturated heterocycles. The van der Waals surface area contributed by atoms with E-state index in [-0.39, 0.29) is 13.1 Å². The molecule has 0 amide bonds. The Kier molecular flexibility index (Phi) is 22.2. The number of pyridine rings is 3. The standard InChI is InChI=1S/2C31H32F2N2O4.C18H15F2IN2O3/c2*1-17-20-7-6-14-38-25(20)11-9-21(17)27-22-12-13-35(16-19-8-10-23(32)24(33)15-19)29(22)34-18(2)26(27)28(30(36)37)39-31(3,4)5;1-9-14(16(24)18(25)26-2)15(21)11-5-6-23(17(11)22-9)8-10-3-4-12(19)13(20)7-10/h2*8-13,15,28H,6-7,14,16H2,1-5H3,(H,36,37);3-7,16,24H,8H2,1-2H3/t2*28-;16-/m000/s1. The van der Waals surface area contributed by atoms with Crippen molar-refractivity contribution in [2.75, 3.05) is 20.3 Å². The predicted octanol–water partition coefficient (Wildman–Crippen LogP) is 17.3. The van der Waals surface area contributed by atoms with Gasteiger partial charge in [-0.2, -0.15) is 0 Å². The van der Waals surface area contributed by atoms with Crippen molar-refractivity contribution < 1.29 is 79.7 Å². The van der Waals surface area contributed by atoms with Crippen LogP contribution in [0.1, 0.15) is 145 Å². The molecule has 3 N–H and O–H groups in total. The van der Waals surface area contributed by atoms with E-state index in [4.69, 9.17) is 28.9 Å². The topological polar surface area (TPSA) is 212 Å². The molecule has 8 heterocycles. The Hall–Kier alpha value is -9.63. The number of carbonyl (C=O) groups is 3. The second kappa shape index (κ2) is 30.6. The van der Waals surface area contributed by atoms with Crippen molar-refractivity contribution in [3.8, 4) is 33.8 Å². The Balaban J connectivity index is 0.000000160. The summed E-state index contributed by atoms with van der Waals surface area (Å²) in [5.74, 6) is -6.68. The predicted molar refractivity (Wildman–Crippen MR) is 390 cm³/mol. The fourth-order valence-electron chi connectivity index (χ4n) is 13.5. The summed E-state index contributed by atoms with van der Waals surface area (Å²) >= 11 is 2.05. The van der Waals surface area contributed by atoms with E-state index in [2.05, 4.69) is 32.3 Å². The number of aryl methyl sites for hydroxylation is 3. The number of fused-ring (bicyclic) bond motifs is 5. The number of carboxylic acids is 2. The number of rotatable bonds is 16. The number of aliphatic hydroxyl groups is 1. The average Bonchev–Trinajstić information content (AvgIpc) is 1.27. The normalized spacial score (nSPS) is 13.8. The van der Waals surface area contributed by atoms with Gasteiger partial charge in [0.2, 0.25) is 0 Å². The Morgan fingerprint density at radius 1 is 0.510 bits per heavy atom. The summed E-state index contributed by atoms with van der Waals surface area (Å²) in [7, 11) is 1.21. The van der Waals surface area contributed by atoms with Gasteiger partial charge in [-0.15, -0.1) is 0 Å². The van der Waals surface area contributed by atoms with Crippen LogP contribution in [0, 0.1) is 73.1 Å². The highest BCUT2D eigenvalue weighted by atomic mass is 127. The monoisotopic (exact) mass is 1540 g/mol. The molecule has 3 atom stereocenters. The lowest BCUT2D eigenvalue weighted by Gasteiger charge is -2.29. The van der Waals surface area contributed by atoms with Crippen LogP contribution in [0.4, 0.5) is 26.3 Å². The van der Waals surface area contributed by atoms with E-state index < -0.39 is 82.3 Å². The number of carboxylic acid groups (broad SMARTS) is 2. The third kappa shape index (κ3) is 15.9. The summed E-state index contributed by atoms with van der Waals surface area (Å²) in [4.78, 5) is 51.1. The Morgan fingerprint density at radius 3 is 1.19 bits per heavy atom. The van der Waals surface area contributed by atoms with Crippen LogP contribution in [0.15, 0.2) is 116 Å². The highest BCUT2D eigenvalue weighted by Crippen LogP contribution is 2.46. The van der Waals surface area contributed by atoms with Crippen molar-refractivity contribution in [1.82, 2.24) is 28.7 Å². The Bertz CT molecular complexity index is 4940. The molecular weight excluding hydrogens is 1460 g/mol. The molecular formula is C80H79F6IN6O11. The fraction of sp³-hybridized carbons (Fsp3) is 0.325. The molecule has 0 fully saturated rings. The number of ether oxygens (including phenoxy) is 5. The second-order valence-corrected chi connectivity index (χ2v) is 28.9. The molecule has 5 aromatic carbocycles. The van der Waals surface area contributed by atoms with Gasteiger partial charge in [-0.3, -0.25) is 0 Å². The summed E-state index contributed by atoms with van der Waals surface area (Å²) < 4.78 is 116. The molecule has 544 valence electrons. The largest absolute Gasteiger partial charge is 0.493 e. The third-order valence-electron chi connectivity index (χ3n) is 18.3. The highest BCUT2D eigenvalue weighted by molar-refractivity contribution is 14.1. The minimum atomic E-state index is -1.42. The first-order valence-corrected chi connectivity index (χ1v) is 34.8. The van der Waals surface area contributed by atoms with E-state index in [0.717, 1.165) is 122 Å². The zero-order valence-corrected chi connectivity index (χ0v) is 61.7. The van der Waals surface area contributed by atoms with Gasteiger partial charge in [0, 0.05) is 103 Å². The summed E-state index contributed by atoms with van der Waals surface area (Å²) in [5, 5.41) is 33.1. The first-order chi connectivity index (χ1) is 49.2. The highest BCUT2D eigenvalue weighted by Gasteiger charge is 2.36. The van der Waals surface area contributed by atoms with Crippen LogP contribution in [0.5, 0.6) is 11.5 Å². The Morgan fingerprint density at radius 2 is 0.856 bits per heavy atom. The van der Waals surface area contributed by atoms with Crippen LogP contribution < -0.4 is 9.47 Å². The summed E-state index contributed by atoms with van der Waals surface area (Å²) in [5.41, 5.74) is 12.6. The van der Waals surface area contributed by atoms with Crippen molar-refractivity contribution in [2.45, 2.75) is 151 Å². The number of aromatic nitrogens is 6. The molecule has 0 unspecified atom stereocenters. The maximum Gasteiger partial charge on any atom is 0.339 e. The smallest absolute Gasteiger partial charge is 0.339 e. The van der Waals surface area contributed by atoms with Gasteiger partial charge < -0.3 is 52.7 Å². The maximum absolute atomic E-state index is 13.9. The van der Waals surface area contributed by atoms with Crippen LogP contribution in [-0.4, -0.2) is 93.4 Å². The SMILES string of the molecule is COC(=O)[C@@H](O)c1c(C)nc2c(ccn2Cc2ccc(F)c(F)c2)c1I.Cc1nc2c(ccn2Cc2ccc(F)c(F)c2)c(-c2ccc3c(c2C)CCCO3)c1[C@H](OC(C)(C)C)C(=O)O.Cc1nc2c(ccn2Cc2ccc(F)c(F)c2)c(-c2ccc3c(c2C)CCCO3)c1[C@H](OC(C)(C)C)C(=O)O. The first kappa shape index (κ1) is 75.5. The van der Waals surface area contributed by atoms with Gasteiger partial charge in [0.25, 0.3) is 0 Å². The number of halogens is 7. The van der Waals surface area contributed by atoms with Gasteiger partial charge in [0.1, 0.15) is 28.4 Å². The lowest BCUT2D eigenvalue weighted by atomic mass is 9.87. The maximum atomic E-state index is 13.9. The molecule has 0 spiro atoms. The van der Waals surface area contributed by atoms with E-state index in [0.29, 0.717) is 90.7 Å². The molecule has 104 heavy (non-hydrogen) atoms. The fourth-order valence-corrected chi connectivity index (χ4v) is 14.6. The van der Waals surface area contributed by atoms with E-state index in [1.165, 1.54) is 37.4 Å². The number of methoxy groups -OCH3 is 1. The van der Waals surface area contributed by atoms with Gasteiger partial charge in [-0.25, -0.2) is 55.7 Å². The van der Waals surface area contributed by atoms with Crippen molar-refractivity contribution in [3.05, 3.63) is 227 Å². The van der Waals surface area contributed by atoms with Crippen molar-refractivity contribution in [3.63, 3.8) is 0 Å². The van der Waals surface area contributed by atoms with Crippen molar-refractivity contribution >= 4 is 73.6 Å². The van der Waals surface area contributed by atoms with Crippen molar-refractivity contribution in [1.29, 1.82) is 0 Å². The molecule has 0 radical (unpaired) electrons. The lowest BCUT2D eigenvalue weighted by molar-refractivity contribution is -0.161. The van der Waals surface area contributed by atoms with E-state index in [9.17, 15) is 56.0 Å². The number of aliphatic hydroxyl groups excluding tert-OH is 1. The molecule has 13 rings (SSSR count). The van der Waals surface area contributed by atoms with Crippen molar-refractivity contribution in [2.24, 2.45) is 0 Å². The second-order valence-electron chi connectivity index (χ2n) is 27.8. The number of aliphatic carboxylic acids is 2. The van der Waals surface area contributed by atoms with Crippen LogP contribution in [0.3, 0.4) is 0 Å². The number of benzene rings is 5. The van der Waals surface area contributed by atoms with Gasteiger partial charge in [-0.05, 0) is 241 Å². The molecule has 0 bridgehead atoms. The lowest BCUT2D eigenvalue weighted by Crippen LogP contribution is -2.28. The quantitative estimate of drug-likeness (QED) is 0.0467. The zero-order chi connectivity index (χ0) is 75.1. The first-order valence-electron chi connectivity index (χ1n) is 33.8. The number of hydrogen-bond donors (Lipinski definition) is 3. The minimum Gasteiger partial charge on any atom is -0.493 e. The summed E-state index contributed by atoms with van der Waals surface area (Å²) in [6.07, 6.45) is 5.08. The van der Waals surface area contributed by atoms with Gasteiger partial charge in [0.05, 0.1) is 31.5 Å². The number of carbonyl (C=O) groups excluding carboxylic acids is 1. The van der Waals surface area contributed by atoms with E-state index in [1.54, 1.807) is 37.6 Å². The number of esters is 1. The Labute approximate surface area is 610 Å². The zero-order valence-electron chi connectivity index (χ0n) is 59.5. The van der Waals surface area contributed by atoms with E-state index >= 15 is 0 Å². The molecule has 6 aromatic heterocycles. The van der Waals surface area contributed by atoms with Crippen LogP contribution in [0.2, 0.25) is 0 Å². The van der Waals surface area contributed by atoms with Gasteiger partial charge in [0.15, 0.2) is 53.2 Å². The molecule has 11 aromatic rings. The minimum absolute atomic E-state index is 0.268. The molecule has 24 heteroatoms. The molecule has 2 aliphatic heterocycles. The molecule has 0 saturated carbocycles. The number of nitrogens with zero attached hydrogens (tertiary/aromatic N) is 6. The summed E-state index contributed by atoms with van der Waals surface area (Å²) in [6.45, 7) is 22.4. The van der Waals surface area contributed by atoms with Crippen LogP contribution in [0.25, 0.3) is 55.4 Å². The van der Waals surface area contributed by atoms with Gasteiger partial charge in [-0.1, -0.05) is 30.3 Å².